The Morgan fingerprint density at radius 2 is 1.80 bits per heavy atom. The molecule has 0 radical (unpaired) electrons. The molecular weight excluding hydrogens is 467 g/mol. The Kier molecular flexibility index (Phi) is 6.90. The van der Waals surface area contributed by atoms with E-state index in [1.165, 1.54) is 43.5 Å². The number of benzene rings is 2. The predicted octanol–water partition coefficient (Wildman–Crippen LogP) is 5.50. The zero-order valence-corrected chi connectivity index (χ0v) is 19.9. The molecule has 1 saturated carbocycles. The molecule has 1 aliphatic rings. The van der Waals surface area contributed by atoms with Crippen molar-refractivity contribution in [2.75, 3.05) is 18.4 Å². The summed E-state index contributed by atoms with van der Waals surface area (Å²) in [4.78, 5) is 22.1. The number of halogens is 2. The Morgan fingerprint density at radius 3 is 2.57 bits per heavy atom. The summed E-state index contributed by atoms with van der Waals surface area (Å²) in [5.41, 5.74) is 1.87. The molecule has 1 fully saturated rings. The van der Waals surface area contributed by atoms with Crippen molar-refractivity contribution in [3.63, 3.8) is 0 Å². The maximum absolute atomic E-state index is 13.1. The van der Waals surface area contributed by atoms with Crippen LogP contribution in [0.3, 0.4) is 0 Å². The van der Waals surface area contributed by atoms with Crippen LogP contribution in [-0.2, 0) is 0 Å². The molecular formula is C26H26ClFN6O. The topological polar surface area (TPSA) is 84.7 Å². The Labute approximate surface area is 207 Å². The van der Waals surface area contributed by atoms with Gasteiger partial charge in [0.1, 0.15) is 17.5 Å². The number of rotatable bonds is 7. The van der Waals surface area contributed by atoms with Crippen molar-refractivity contribution >= 4 is 34.4 Å². The molecule has 0 atom stereocenters. The van der Waals surface area contributed by atoms with Crippen molar-refractivity contribution in [3.05, 3.63) is 77.0 Å². The molecule has 9 heteroatoms. The summed E-state index contributed by atoms with van der Waals surface area (Å²) in [5.74, 6) is 1.17. The first-order valence-electron chi connectivity index (χ1n) is 11.9. The molecule has 0 bridgehead atoms. The van der Waals surface area contributed by atoms with Gasteiger partial charge in [-0.15, -0.1) is 0 Å². The molecule has 35 heavy (non-hydrogen) atoms. The molecule has 4 aromatic rings. The minimum Gasteiger partial charge on any atom is -0.368 e. The molecule has 5 rings (SSSR count). The lowest BCUT2D eigenvalue weighted by atomic mass is 9.88. The quantitative estimate of drug-likeness (QED) is 0.333. The van der Waals surface area contributed by atoms with Crippen molar-refractivity contribution in [2.45, 2.75) is 38.0 Å². The highest BCUT2D eigenvalue weighted by molar-refractivity contribution is 6.32. The average Bonchev–Trinajstić information content (AvgIpc) is 3.31. The van der Waals surface area contributed by atoms with Crippen molar-refractivity contribution in [1.82, 2.24) is 25.1 Å². The smallest absolute Gasteiger partial charge is 0.251 e. The summed E-state index contributed by atoms with van der Waals surface area (Å²) in [6.45, 7) is 0.833. The third-order valence-corrected chi connectivity index (χ3v) is 6.63. The molecule has 1 aliphatic carbocycles. The van der Waals surface area contributed by atoms with E-state index in [1.54, 1.807) is 10.9 Å². The molecule has 2 N–H and O–H groups in total. The summed E-state index contributed by atoms with van der Waals surface area (Å²) in [7, 11) is 0. The number of anilines is 1. The second-order valence-corrected chi connectivity index (χ2v) is 9.11. The average molecular weight is 493 g/mol. The number of carbonyl (C=O) groups excluding carboxylic acids is 1. The molecule has 1 amide bonds. The highest BCUT2D eigenvalue weighted by atomic mass is 35.5. The molecule has 0 unspecified atom stereocenters. The van der Waals surface area contributed by atoms with Gasteiger partial charge in [-0.2, -0.15) is 5.10 Å². The van der Waals surface area contributed by atoms with Gasteiger partial charge in [-0.1, -0.05) is 43.0 Å². The minimum absolute atomic E-state index is 0.255. The third-order valence-electron chi connectivity index (χ3n) is 6.31. The van der Waals surface area contributed by atoms with Crippen LogP contribution in [0, 0.1) is 5.82 Å². The van der Waals surface area contributed by atoms with Crippen LogP contribution in [0.25, 0.3) is 16.7 Å². The van der Waals surface area contributed by atoms with Gasteiger partial charge in [0.2, 0.25) is 0 Å². The fraction of sp³-hybridized carbons (Fsp3) is 0.308. The summed E-state index contributed by atoms with van der Waals surface area (Å²) in [6, 6.07) is 13.0. The summed E-state index contributed by atoms with van der Waals surface area (Å²) in [5, 5.41) is 12.1. The predicted molar refractivity (Wildman–Crippen MR) is 135 cm³/mol. The Morgan fingerprint density at radius 1 is 1.03 bits per heavy atom. The van der Waals surface area contributed by atoms with E-state index in [2.05, 4.69) is 15.7 Å². The van der Waals surface area contributed by atoms with Gasteiger partial charge in [0.15, 0.2) is 5.65 Å². The fourth-order valence-electron chi connectivity index (χ4n) is 4.46. The highest BCUT2D eigenvalue weighted by Crippen LogP contribution is 2.33. The van der Waals surface area contributed by atoms with E-state index >= 15 is 0 Å². The van der Waals surface area contributed by atoms with Crippen LogP contribution >= 0.6 is 11.6 Å². The molecule has 0 saturated heterocycles. The number of hydrogen-bond donors (Lipinski definition) is 2. The normalized spacial score (nSPS) is 14.2. The van der Waals surface area contributed by atoms with E-state index in [-0.39, 0.29) is 11.7 Å². The van der Waals surface area contributed by atoms with Gasteiger partial charge >= 0.3 is 0 Å². The number of carbonyl (C=O) groups is 1. The van der Waals surface area contributed by atoms with Gasteiger partial charge in [0.25, 0.3) is 5.91 Å². The van der Waals surface area contributed by atoms with Gasteiger partial charge in [-0.05, 0) is 49.2 Å². The SMILES string of the molecule is O=C(NCCNc1nc(C2CCCCC2)nc2c1cnn2-c1ccccc1Cl)c1ccc(F)cc1. The number of hydrogen-bond acceptors (Lipinski definition) is 5. The zero-order valence-electron chi connectivity index (χ0n) is 19.2. The van der Waals surface area contributed by atoms with Crippen LogP contribution in [0.4, 0.5) is 10.2 Å². The molecule has 2 aromatic carbocycles. The van der Waals surface area contributed by atoms with Crippen molar-refractivity contribution < 1.29 is 9.18 Å². The molecule has 0 aliphatic heterocycles. The van der Waals surface area contributed by atoms with Crippen LogP contribution in [-0.4, -0.2) is 38.7 Å². The lowest BCUT2D eigenvalue weighted by Crippen LogP contribution is -2.29. The minimum atomic E-state index is -0.373. The van der Waals surface area contributed by atoms with Crippen LogP contribution in [0.1, 0.15) is 54.2 Å². The number of aromatic nitrogens is 4. The standard InChI is InChI=1S/C26H26ClFN6O/c27-21-8-4-5-9-22(21)34-25-20(16-31-34)24(32-23(33-25)17-6-2-1-3-7-17)29-14-15-30-26(35)18-10-12-19(28)13-11-18/h4-5,8-13,16-17H,1-3,6-7,14-15H2,(H,30,35)(H,29,32,33). The lowest BCUT2D eigenvalue weighted by molar-refractivity contribution is 0.0955. The van der Waals surface area contributed by atoms with E-state index in [4.69, 9.17) is 21.6 Å². The first kappa shape index (κ1) is 23.2. The van der Waals surface area contributed by atoms with Gasteiger partial charge in [-0.25, -0.2) is 19.0 Å². The number of amides is 1. The Balaban J connectivity index is 1.38. The first-order valence-corrected chi connectivity index (χ1v) is 12.3. The highest BCUT2D eigenvalue weighted by Gasteiger charge is 2.22. The lowest BCUT2D eigenvalue weighted by Gasteiger charge is -2.21. The van der Waals surface area contributed by atoms with E-state index in [0.717, 1.165) is 29.7 Å². The summed E-state index contributed by atoms with van der Waals surface area (Å²) < 4.78 is 14.9. The van der Waals surface area contributed by atoms with Crippen molar-refractivity contribution in [1.29, 1.82) is 0 Å². The number of nitrogens with one attached hydrogen (secondary N) is 2. The van der Waals surface area contributed by atoms with Gasteiger partial charge in [-0.3, -0.25) is 4.79 Å². The number of nitrogens with zero attached hydrogens (tertiary/aromatic N) is 4. The van der Waals surface area contributed by atoms with E-state index in [1.807, 2.05) is 24.3 Å². The molecule has 2 heterocycles. The molecule has 2 aromatic heterocycles. The fourth-order valence-corrected chi connectivity index (χ4v) is 4.68. The van der Waals surface area contributed by atoms with Crippen molar-refractivity contribution in [3.8, 4) is 5.69 Å². The molecule has 180 valence electrons. The maximum Gasteiger partial charge on any atom is 0.251 e. The molecule has 7 nitrogen and oxygen atoms in total. The monoisotopic (exact) mass is 492 g/mol. The number of para-hydroxylation sites is 1. The second-order valence-electron chi connectivity index (χ2n) is 8.70. The van der Waals surface area contributed by atoms with Gasteiger partial charge in [0, 0.05) is 24.6 Å². The van der Waals surface area contributed by atoms with Crippen LogP contribution in [0.2, 0.25) is 5.02 Å². The van der Waals surface area contributed by atoms with Crippen LogP contribution in [0.5, 0.6) is 0 Å². The van der Waals surface area contributed by atoms with Crippen LogP contribution in [0.15, 0.2) is 54.7 Å². The summed E-state index contributed by atoms with van der Waals surface area (Å²) in [6.07, 6.45) is 7.47. The van der Waals surface area contributed by atoms with E-state index in [0.29, 0.717) is 41.1 Å². The van der Waals surface area contributed by atoms with Crippen LogP contribution < -0.4 is 10.6 Å². The van der Waals surface area contributed by atoms with E-state index < -0.39 is 0 Å². The zero-order chi connectivity index (χ0) is 24.2. The van der Waals surface area contributed by atoms with Gasteiger partial charge < -0.3 is 10.6 Å². The Hall–Kier alpha value is -3.52. The maximum atomic E-state index is 13.1. The van der Waals surface area contributed by atoms with E-state index in [9.17, 15) is 9.18 Å². The Bertz CT molecular complexity index is 1330. The van der Waals surface area contributed by atoms with Gasteiger partial charge in [0.05, 0.1) is 22.3 Å². The summed E-state index contributed by atoms with van der Waals surface area (Å²) >= 11 is 6.45. The number of fused-ring (bicyclic) bond motifs is 1. The second kappa shape index (κ2) is 10.4. The largest absolute Gasteiger partial charge is 0.368 e. The van der Waals surface area contributed by atoms with Crippen molar-refractivity contribution in [2.24, 2.45) is 0 Å². The first-order chi connectivity index (χ1) is 17.1. The third kappa shape index (κ3) is 5.12. The molecule has 0 spiro atoms.